The number of rotatable bonds is 4. The van der Waals surface area contributed by atoms with E-state index >= 15 is 0 Å². The van der Waals surface area contributed by atoms with Crippen LogP contribution in [0.5, 0.6) is 5.75 Å². The molecule has 2 aromatic carbocycles. The van der Waals surface area contributed by atoms with Gasteiger partial charge in [-0.05, 0) is 42.0 Å². The van der Waals surface area contributed by atoms with Gasteiger partial charge in [0.05, 0.1) is 16.1 Å². The van der Waals surface area contributed by atoms with Crippen molar-refractivity contribution in [2.45, 2.75) is 6.61 Å². The van der Waals surface area contributed by atoms with Gasteiger partial charge in [-0.3, -0.25) is 19.5 Å². The summed E-state index contributed by atoms with van der Waals surface area (Å²) in [5, 5.41) is 11.6. The third-order valence-electron chi connectivity index (χ3n) is 4.80. The lowest BCUT2D eigenvalue weighted by atomic mass is 10.1. The van der Waals surface area contributed by atoms with Gasteiger partial charge in [-0.15, -0.1) is 0 Å². The first-order valence-corrected chi connectivity index (χ1v) is 8.65. The summed E-state index contributed by atoms with van der Waals surface area (Å²) in [4.78, 5) is 28.0. The maximum atomic E-state index is 12.9. The first kappa shape index (κ1) is 16.2. The first-order valence-electron chi connectivity index (χ1n) is 8.65. The second-order valence-electron chi connectivity index (χ2n) is 6.46. The summed E-state index contributed by atoms with van der Waals surface area (Å²) in [5.41, 5.74) is 3.32. The Bertz CT molecular complexity index is 1260. The third kappa shape index (κ3) is 2.37. The Balaban J connectivity index is 1.59. The number of fused-ring (bicyclic) bond motifs is 4. The van der Waals surface area contributed by atoms with Crippen LogP contribution in [-0.4, -0.2) is 20.4 Å². The number of nitro groups is 1. The van der Waals surface area contributed by atoms with E-state index in [9.17, 15) is 14.9 Å². The van der Waals surface area contributed by atoms with Crippen molar-refractivity contribution in [2.24, 2.45) is 0 Å². The largest absolute Gasteiger partial charge is 0.487 e. The molecular formula is C21H13N3O4. The second-order valence-corrected chi connectivity index (χ2v) is 6.46. The van der Waals surface area contributed by atoms with Crippen LogP contribution in [0, 0.1) is 10.1 Å². The molecule has 7 heteroatoms. The fourth-order valence-electron chi connectivity index (χ4n) is 3.46. The lowest BCUT2D eigenvalue weighted by Crippen LogP contribution is -2.08. The zero-order chi connectivity index (χ0) is 19.3. The molecular weight excluding hydrogens is 358 g/mol. The van der Waals surface area contributed by atoms with E-state index in [2.05, 4.69) is 4.98 Å². The summed E-state index contributed by atoms with van der Waals surface area (Å²) in [6, 6.07) is 17.3. The van der Waals surface area contributed by atoms with Crippen molar-refractivity contribution in [3.05, 3.63) is 88.1 Å². The van der Waals surface area contributed by atoms with E-state index in [4.69, 9.17) is 4.74 Å². The summed E-state index contributed by atoms with van der Waals surface area (Å²) >= 11 is 0. The topological polar surface area (TPSA) is 87.3 Å². The number of para-hydroxylation sites is 1. The maximum Gasteiger partial charge on any atom is 0.269 e. The number of hydrogen-bond acceptors (Lipinski definition) is 5. The van der Waals surface area contributed by atoms with Crippen molar-refractivity contribution >= 4 is 22.5 Å². The lowest BCUT2D eigenvalue weighted by molar-refractivity contribution is -0.384. The van der Waals surface area contributed by atoms with Crippen LogP contribution in [0.1, 0.15) is 15.9 Å². The normalized spacial score (nSPS) is 12.1. The van der Waals surface area contributed by atoms with Gasteiger partial charge in [-0.2, -0.15) is 0 Å². The van der Waals surface area contributed by atoms with Gasteiger partial charge in [-0.1, -0.05) is 12.1 Å². The number of carbonyl (C=O) groups excluding carboxylic acids is 1. The summed E-state index contributed by atoms with van der Waals surface area (Å²) in [5.74, 6) is 0.305. The zero-order valence-electron chi connectivity index (χ0n) is 14.5. The molecule has 0 N–H and O–H groups in total. The summed E-state index contributed by atoms with van der Waals surface area (Å²) in [6.45, 7) is 0.181. The van der Waals surface area contributed by atoms with E-state index in [0.29, 0.717) is 17.0 Å². The maximum absolute atomic E-state index is 12.9. The smallest absolute Gasteiger partial charge is 0.269 e. The van der Waals surface area contributed by atoms with Gasteiger partial charge >= 0.3 is 0 Å². The molecule has 136 valence electrons. The molecule has 0 saturated carbocycles. The van der Waals surface area contributed by atoms with Gasteiger partial charge in [0.2, 0.25) is 0 Å². The van der Waals surface area contributed by atoms with E-state index < -0.39 is 4.92 Å². The quantitative estimate of drug-likeness (QED) is 0.349. The molecule has 0 fully saturated rings. The van der Waals surface area contributed by atoms with E-state index in [0.717, 1.165) is 22.2 Å². The average molecular weight is 371 g/mol. The van der Waals surface area contributed by atoms with Crippen molar-refractivity contribution in [3.8, 4) is 17.1 Å². The molecule has 0 amide bonds. The molecule has 1 aliphatic rings. The highest BCUT2D eigenvalue weighted by Crippen LogP contribution is 2.40. The Kier molecular flexibility index (Phi) is 3.48. The Morgan fingerprint density at radius 1 is 1.04 bits per heavy atom. The van der Waals surface area contributed by atoms with Crippen LogP contribution in [0.4, 0.5) is 5.69 Å². The fourth-order valence-corrected chi connectivity index (χ4v) is 3.46. The first-order chi connectivity index (χ1) is 13.6. The number of non-ortho nitro benzene ring substituents is 1. The molecule has 0 radical (unpaired) electrons. The zero-order valence-corrected chi connectivity index (χ0v) is 14.5. The molecule has 3 heterocycles. The molecule has 28 heavy (non-hydrogen) atoms. The highest BCUT2D eigenvalue weighted by Gasteiger charge is 2.32. The van der Waals surface area contributed by atoms with E-state index in [-0.39, 0.29) is 18.2 Å². The molecule has 0 atom stereocenters. The molecule has 7 nitrogen and oxygen atoms in total. The SMILES string of the molecule is O=C1c2c(nc3ccccc3c2OCc2ccc([N+](=O)[O-])cc2)-c2cccn21. The van der Waals surface area contributed by atoms with E-state index in [1.165, 1.54) is 12.1 Å². The van der Waals surface area contributed by atoms with Crippen molar-refractivity contribution in [1.82, 2.24) is 9.55 Å². The fraction of sp³-hybridized carbons (Fsp3) is 0.0476. The monoisotopic (exact) mass is 371 g/mol. The lowest BCUT2D eigenvalue weighted by Gasteiger charge is -2.13. The number of nitrogens with zero attached hydrogens (tertiary/aromatic N) is 3. The predicted octanol–water partition coefficient (Wildman–Crippen LogP) is 4.19. The molecule has 4 aromatic rings. The van der Waals surface area contributed by atoms with E-state index in [1.807, 2.05) is 36.4 Å². The van der Waals surface area contributed by atoms with Gasteiger partial charge in [0, 0.05) is 23.7 Å². The Labute approximate surface area is 159 Å². The minimum atomic E-state index is -0.443. The Hall–Kier alpha value is -4.00. The minimum absolute atomic E-state index is 0.0218. The van der Waals surface area contributed by atoms with Crippen LogP contribution in [-0.2, 0) is 6.61 Å². The summed E-state index contributed by atoms with van der Waals surface area (Å²) < 4.78 is 7.64. The molecule has 2 aromatic heterocycles. The predicted molar refractivity (Wildman–Crippen MR) is 102 cm³/mol. The molecule has 1 aliphatic heterocycles. The number of nitro benzene ring substituents is 1. The molecule has 0 bridgehead atoms. The van der Waals surface area contributed by atoms with Crippen LogP contribution in [0.15, 0.2) is 66.9 Å². The Morgan fingerprint density at radius 3 is 2.61 bits per heavy atom. The van der Waals surface area contributed by atoms with E-state index in [1.54, 1.807) is 22.9 Å². The molecule has 5 rings (SSSR count). The third-order valence-corrected chi connectivity index (χ3v) is 4.80. The average Bonchev–Trinajstić information content (AvgIpc) is 3.29. The minimum Gasteiger partial charge on any atom is -0.487 e. The second kappa shape index (κ2) is 6.02. The number of aromatic nitrogens is 2. The number of hydrogen-bond donors (Lipinski definition) is 0. The van der Waals surface area contributed by atoms with Gasteiger partial charge < -0.3 is 4.74 Å². The number of benzene rings is 2. The van der Waals surface area contributed by atoms with Crippen LogP contribution < -0.4 is 4.74 Å². The molecule has 0 saturated heterocycles. The van der Waals surface area contributed by atoms with Crippen molar-refractivity contribution in [3.63, 3.8) is 0 Å². The number of ether oxygens (including phenoxy) is 1. The van der Waals surface area contributed by atoms with Crippen LogP contribution >= 0.6 is 0 Å². The highest BCUT2D eigenvalue weighted by molar-refractivity contribution is 6.13. The summed E-state index contributed by atoms with van der Waals surface area (Å²) in [6.07, 6.45) is 1.71. The van der Waals surface area contributed by atoms with Crippen LogP contribution in [0.25, 0.3) is 22.3 Å². The van der Waals surface area contributed by atoms with Gasteiger partial charge in [0.25, 0.3) is 11.6 Å². The van der Waals surface area contributed by atoms with Crippen molar-refractivity contribution in [1.29, 1.82) is 0 Å². The van der Waals surface area contributed by atoms with Gasteiger partial charge in [0.1, 0.15) is 23.6 Å². The van der Waals surface area contributed by atoms with Gasteiger partial charge in [0.15, 0.2) is 0 Å². The molecule has 0 spiro atoms. The van der Waals surface area contributed by atoms with Crippen molar-refractivity contribution < 1.29 is 14.5 Å². The molecule has 0 aliphatic carbocycles. The number of carbonyl (C=O) groups is 1. The summed E-state index contributed by atoms with van der Waals surface area (Å²) in [7, 11) is 0. The molecule has 0 unspecified atom stereocenters. The highest BCUT2D eigenvalue weighted by atomic mass is 16.6. The standard InChI is InChI=1S/C21H13N3O4/c25-21-18-19(17-6-3-11-23(17)21)22-16-5-2-1-4-15(16)20(18)28-12-13-7-9-14(10-8-13)24(26)27/h1-11H,12H2. The van der Waals surface area contributed by atoms with Crippen molar-refractivity contribution in [2.75, 3.05) is 0 Å². The number of pyridine rings is 1. The van der Waals surface area contributed by atoms with Crippen LogP contribution in [0.3, 0.4) is 0 Å². The Morgan fingerprint density at radius 2 is 1.82 bits per heavy atom. The van der Waals surface area contributed by atoms with Crippen LogP contribution in [0.2, 0.25) is 0 Å². The van der Waals surface area contributed by atoms with Gasteiger partial charge in [-0.25, -0.2) is 4.98 Å².